The van der Waals surface area contributed by atoms with Crippen molar-refractivity contribution in [1.29, 1.82) is 0 Å². The summed E-state index contributed by atoms with van der Waals surface area (Å²) in [5.41, 5.74) is 2.46. The predicted molar refractivity (Wildman–Crippen MR) is 80.7 cm³/mol. The van der Waals surface area contributed by atoms with Gasteiger partial charge in [-0.2, -0.15) is 0 Å². The molecular formula is C15H27N3O. The number of anilines is 1. The van der Waals surface area contributed by atoms with E-state index in [4.69, 9.17) is 4.74 Å². The summed E-state index contributed by atoms with van der Waals surface area (Å²) >= 11 is 0. The molecule has 1 heterocycles. The summed E-state index contributed by atoms with van der Waals surface area (Å²) in [6.07, 6.45) is 1.97. The molecule has 0 aliphatic heterocycles. The molecular weight excluding hydrogens is 238 g/mol. The number of methoxy groups -OCH3 is 1. The molecule has 0 aliphatic rings. The van der Waals surface area contributed by atoms with E-state index in [1.165, 1.54) is 11.1 Å². The average Bonchev–Trinajstić information content (AvgIpc) is 2.38. The minimum Gasteiger partial charge on any atom is -0.383 e. The molecule has 0 radical (unpaired) electrons. The second-order valence-corrected chi connectivity index (χ2v) is 5.04. The van der Waals surface area contributed by atoms with Gasteiger partial charge in [0.2, 0.25) is 0 Å². The number of aryl methyl sites for hydroxylation is 1. The molecule has 0 spiro atoms. The fourth-order valence-corrected chi connectivity index (χ4v) is 2.09. The zero-order valence-electron chi connectivity index (χ0n) is 12.9. The Morgan fingerprint density at radius 3 is 2.68 bits per heavy atom. The third-order valence-electron chi connectivity index (χ3n) is 3.12. The largest absolute Gasteiger partial charge is 0.383 e. The summed E-state index contributed by atoms with van der Waals surface area (Å²) in [5, 5.41) is 3.32. The monoisotopic (exact) mass is 265 g/mol. The molecule has 1 aromatic rings. The Kier molecular flexibility index (Phi) is 6.81. The van der Waals surface area contributed by atoms with E-state index in [9.17, 15) is 0 Å². The average molecular weight is 265 g/mol. The van der Waals surface area contributed by atoms with Crippen molar-refractivity contribution < 1.29 is 4.74 Å². The lowest BCUT2D eigenvalue weighted by molar-refractivity contribution is 0.203. The zero-order chi connectivity index (χ0) is 14.3. The van der Waals surface area contributed by atoms with Crippen LogP contribution in [0.2, 0.25) is 0 Å². The highest BCUT2D eigenvalue weighted by molar-refractivity contribution is 5.48. The van der Waals surface area contributed by atoms with Crippen molar-refractivity contribution in [2.45, 2.75) is 40.3 Å². The summed E-state index contributed by atoms with van der Waals surface area (Å²) in [7, 11) is 1.73. The van der Waals surface area contributed by atoms with E-state index in [2.05, 4.69) is 49.0 Å². The number of hydrogen-bond acceptors (Lipinski definition) is 4. The van der Waals surface area contributed by atoms with Crippen LogP contribution in [0.5, 0.6) is 0 Å². The normalized spacial score (nSPS) is 11.1. The van der Waals surface area contributed by atoms with Gasteiger partial charge in [0.15, 0.2) is 0 Å². The Bertz CT molecular complexity index is 380. The minimum absolute atomic E-state index is 0.418. The molecule has 0 bridgehead atoms. The van der Waals surface area contributed by atoms with E-state index in [0.717, 1.165) is 32.1 Å². The number of rotatable bonds is 8. The molecule has 1 rings (SSSR count). The standard InChI is InChI=1S/C15H27N3O/c1-6-16-10-14-9-13(4)15(17-11-14)18(12(2)3)7-8-19-5/h9,11-12,16H,6-8,10H2,1-5H3. The molecule has 1 aromatic heterocycles. The maximum Gasteiger partial charge on any atom is 0.131 e. The Hall–Kier alpha value is -1.13. The molecule has 0 aliphatic carbocycles. The van der Waals surface area contributed by atoms with Crippen molar-refractivity contribution in [3.8, 4) is 0 Å². The van der Waals surface area contributed by atoms with Crippen LogP contribution in [0.25, 0.3) is 0 Å². The number of ether oxygens (including phenoxy) is 1. The van der Waals surface area contributed by atoms with E-state index in [-0.39, 0.29) is 0 Å². The molecule has 0 saturated heterocycles. The number of aromatic nitrogens is 1. The van der Waals surface area contributed by atoms with Crippen LogP contribution in [0.15, 0.2) is 12.3 Å². The zero-order valence-corrected chi connectivity index (χ0v) is 12.9. The number of pyridine rings is 1. The Morgan fingerprint density at radius 2 is 2.16 bits per heavy atom. The Labute approximate surface area is 117 Å². The molecule has 0 saturated carbocycles. The highest BCUT2D eigenvalue weighted by atomic mass is 16.5. The van der Waals surface area contributed by atoms with E-state index in [0.29, 0.717) is 6.04 Å². The van der Waals surface area contributed by atoms with Gasteiger partial charge in [-0.3, -0.25) is 0 Å². The molecule has 0 fully saturated rings. The number of nitrogens with one attached hydrogen (secondary N) is 1. The van der Waals surface area contributed by atoms with Crippen molar-refractivity contribution in [1.82, 2.24) is 10.3 Å². The van der Waals surface area contributed by atoms with E-state index in [1.54, 1.807) is 7.11 Å². The fourth-order valence-electron chi connectivity index (χ4n) is 2.09. The summed E-state index contributed by atoms with van der Waals surface area (Å²) in [6.45, 7) is 12.1. The van der Waals surface area contributed by atoms with Gasteiger partial charge in [0.05, 0.1) is 6.61 Å². The maximum absolute atomic E-state index is 5.18. The van der Waals surface area contributed by atoms with E-state index in [1.807, 2.05) is 6.20 Å². The van der Waals surface area contributed by atoms with Gasteiger partial charge in [-0.1, -0.05) is 6.92 Å². The number of nitrogens with zero attached hydrogens (tertiary/aromatic N) is 2. The first-order valence-electron chi connectivity index (χ1n) is 7.02. The first-order valence-corrected chi connectivity index (χ1v) is 7.02. The lowest BCUT2D eigenvalue weighted by Gasteiger charge is -2.29. The van der Waals surface area contributed by atoms with Crippen LogP contribution in [0.3, 0.4) is 0 Å². The van der Waals surface area contributed by atoms with Gasteiger partial charge >= 0.3 is 0 Å². The van der Waals surface area contributed by atoms with Crippen molar-refractivity contribution >= 4 is 5.82 Å². The molecule has 4 nitrogen and oxygen atoms in total. The van der Waals surface area contributed by atoms with Gasteiger partial charge in [0.25, 0.3) is 0 Å². The quantitative estimate of drug-likeness (QED) is 0.783. The summed E-state index contributed by atoms with van der Waals surface area (Å²) in [4.78, 5) is 6.92. The molecule has 108 valence electrons. The van der Waals surface area contributed by atoms with Gasteiger partial charge < -0.3 is 15.0 Å². The lowest BCUT2D eigenvalue weighted by Crippen LogP contribution is -2.35. The second-order valence-electron chi connectivity index (χ2n) is 5.04. The second kappa shape index (κ2) is 8.12. The van der Waals surface area contributed by atoms with Crippen LogP contribution >= 0.6 is 0 Å². The van der Waals surface area contributed by atoms with Gasteiger partial charge in [-0.25, -0.2) is 4.98 Å². The summed E-state index contributed by atoms with van der Waals surface area (Å²) in [5.74, 6) is 1.06. The minimum atomic E-state index is 0.418. The third kappa shape index (κ3) is 4.80. The molecule has 0 amide bonds. The summed E-state index contributed by atoms with van der Waals surface area (Å²) in [6, 6.07) is 2.63. The molecule has 19 heavy (non-hydrogen) atoms. The highest BCUT2D eigenvalue weighted by Crippen LogP contribution is 2.20. The van der Waals surface area contributed by atoms with Crippen LogP contribution in [0.4, 0.5) is 5.82 Å². The Morgan fingerprint density at radius 1 is 1.42 bits per heavy atom. The Balaban J connectivity index is 2.85. The molecule has 4 heteroatoms. The number of hydrogen-bond donors (Lipinski definition) is 1. The SMILES string of the molecule is CCNCc1cnc(N(CCOC)C(C)C)c(C)c1. The molecule has 0 aromatic carbocycles. The van der Waals surface area contributed by atoms with Gasteiger partial charge in [0.1, 0.15) is 5.82 Å². The lowest BCUT2D eigenvalue weighted by atomic mass is 10.1. The fraction of sp³-hybridized carbons (Fsp3) is 0.667. The van der Waals surface area contributed by atoms with Gasteiger partial charge in [-0.15, -0.1) is 0 Å². The van der Waals surface area contributed by atoms with Crippen molar-refractivity contribution in [3.63, 3.8) is 0 Å². The maximum atomic E-state index is 5.18. The van der Waals surface area contributed by atoms with Gasteiger partial charge in [-0.05, 0) is 44.5 Å². The van der Waals surface area contributed by atoms with Crippen LogP contribution < -0.4 is 10.2 Å². The predicted octanol–water partition coefficient (Wildman–Crippen LogP) is 2.36. The van der Waals surface area contributed by atoms with Crippen LogP contribution in [-0.2, 0) is 11.3 Å². The van der Waals surface area contributed by atoms with E-state index >= 15 is 0 Å². The van der Waals surface area contributed by atoms with Gasteiger partial charge in [0, 0.05) is 32.4 Å². The molecule has 0 unspecified atom stereocenters. The van der Waals surface area contributed by atoms with E-state index < -0.39 is 0 Å². The molecule has 1 N–H and O–H groups in total. The van der Waals surface area contributed by atoms with Crippen LogP contribution in [0, 0.1) is 6.92 Å². The van der Waals surface area contributed by atoms with Crippen molar-refractivity contribution in [2.24, 2.45) is 0 Å². The molecule has 0 atom stereocenters. The van der Waals surface area contributed by atoms with Crippen molar-refractivity contribution in [2.75, 3.05) is 31.7 Å². The smallest absolute Gasteiger partial charge is 0.131 e. The van der Waals surface area contributed by atoms with Crippen LogP contribution in [0.1, 0.15) is 31.9 Å². The first kappa shape index (κ1) is 15.9. The first-order chi connectivity index (χ1) is 9.10. The summed E-state index contributed by atoms with van der Waals surface area (Å²) < 4.78 is 5.18. The highest BCUT2D eigenvalue weighted by Gasteiger charge is 2.14. The van der Waals surface area contributed by atoms with Crippen molar-refractivity contribution in [3.05, 3.63) is 23.4 Å². The third-order valence-corrected chi connectivity index (χ3v) is 3.12. The van der Waals surface area contributed by atoms with Crippen LogP contribution in [-0.4, -0.2) is 37.8 Å². The topological polar surface area (TPSA) is 37.4 Å².